The molecule has 0 saturated carbocycles. The Bertz CT molecular complexity index is 621. The number of rotatable bonds is 11. The molecular weight excluding hydrogens is 306 g/mol. The monoisotopic (exact) mass is 335 g/mol. The zero-order valence-corrected chi connectivity index (χ0v) is 15.1. The molecule has 1 N–H and O–H groups in total. The van der Waals surface area contributed by atoms with Crippen LogP contribution in [0, 0.1) is 0 Å². The first-order valence-corrected chi connectivity index (χ1v) is 9.06. The molecule has 2 atom stereocenters. The van der Waals surface area contributed by atoms with Crippen molar-refractivity contribution in [2.24, 2.45) is 0 Å². The van der Waals surface area contributed by atoms with Gasteiger partial charge in [-0.2, -0.15) is 0 Å². The summed E-state index contributed by atoms with van der Waals surface area (Å²) in [6.07, 6.45) is 8.36. The first kappa shape index (κ1) is 19.2. The molecule has 0 aromatic heterocycles. The molecule has 2 heteroatoms. The molecule has 2 rings (SSSR count). The van der Waals surface area contributed by atoms with Crippen molar-refractivity contribution >= 4 is 6.08 Å². The Kier molecular flexibility index (Phi) is 8.74. The van der Waals surface area contributed by atoms with Crippen LogP contribution < -0.4 is 5.32 Å². The average molecular weight is 335 g/mol. The smallest absolute Gasteiger partial charge is 0.0765 e. The lowest BCUT2D eigenvalue weighted by Gasteiger charge is -2.25. The number of hydrogen-bond donors (Lipinski definition) is 1. The number of nitrogens with one attached hydrogen (secondary N) is 1. The van der Waals surface area contributed by atoms with Gasteiger partial charge in [0.1, 0.15) is 0 Å². The van der Waals surface area contributed by atoms with Gasteiger partial charge in [0.25, 0.3) is 0 Å². The second-order valence-electron chi connectivity index (χ2n) is 6.07. The van der Waals surface area contributed by atoms with Crippen LogP contribution in [0.1, 0.15) is 30.9 Å². The van der Waals surface area contributed by atoms with Crippen LogP contribution in [0.5, 0.6) is 0 Å². The molecule has 0 radical (unpaired) electrons. The highest BCUT2D eigenvalue weighted by molar-refractivity contribution is 5.49. The summed E-state index contributed by atoms with van der Waals surface area (Å²) in [7, 11) is 0. The number of ether oxygens (including phenoxy) is 1. The molecule has 25 heavy (non-hydrogen) atoms. The van der Waals surface area contributed by atoms with Gasteiger partial charge in [-0.15, -0.1) is 6.58 Å². The lowest BCUT2D eigenvalue weighted by Crippen LogP contribution is -2.40. The van der Waals surface area contributed by atoms with Gasteiger partial charge in [-0.3, -0.25) is 0 Å². The normalized spacial score (nSPS) is 13.6. The molecule has 0 unspecified atom stereocenters. The number of benzene rings is 2. The fourth-order valence-corrected chi connectivity index (χ4v) is 2.71. The first-order valence-electron chi connectivity index (χ1n) is 9.06. The Labute approximate surface area is 152 Å². The van der Waals surface area contributed by atoms with Crippen LogP contribution in [-0.4, -0.2) is 18.7 Å². The minimum Gasteiger partial charge on any atom is -0.372 e. The third-order valence-electron chi connectivity index (χ3n) is 4.13. The molecule has 0 saturated heterocycles. The van der Waals surface area contributed by atoms with Crippen LogP contribution in [0.15, 0.2) is 79.4 Å². The maximum absolute atomic E-state index is 6.22. The average Bonchev–Trinajstić information content (AvgIpc) is 2.67. The molecule has 2 aromatic rings. The van der Waals surface area contributed by atoms with Crippen LogP contribution in [0.4, 0.5) is 0 Å². The summed E-state index contributed by atoms with van der Waals surface area (Å²) in [4.78, 5) is 0. The van der Waals surface area contributed by atoms with Crippen molar-refractivity contribution in [2.75, 3.05) is 6.54 Å². The van der Waals surface area contributed by atoms with Crippen molar-refractivity contribution in [3.05, 3.63) is 90.5 Å². The quantitative estimate of drug-likeness (QED) is 0.448. The van der Waals surface area contributed by atoms with Gasteiger partial charge in [-0.1, -0.05) is 85.8 Å². The topological polar surface area (TPSA) is 21.3 Å². The third kappa shape index (κ3) is 7.08. The number of hydrogen-bond acceptors (Lipinski definition) is 2. The van der Waals surface area contributed by atoms with E-state index in [4.69, 9.17) is 4.74 Å². The van der Waals surface area contributed by atoms with Gasteiger partial charge in [-0.05, 0) is 30.5 Å². The van der Waals surface area contributed by atoms with E-state index >= 15 is 0 Å². The van der Waals surface area contributed by atoms with E-state index in [1.54, 1.807) is 0 Å². The van der Waals surface area contributed by atoms with Crippen LogP contribution in [0.25, 0.3) is 6.08 Å². The second kappa shape index (κ2) is 11.4. The zero-order chi connectivity index (χ0) is 17.7. The molecule has 0 bridgehead atoms. The molecule has 2 aromatic carbocycles. The van der Waals surface area contributed by atoms with E-state index in [0.29, 0.717) is 6.61 Å². The molecule has 0 aliphatic carbocycles. The van der Waals surface area contributed by atoms with Crippen molar-refractivity contribution in [3.8, 4) is 0 Å². The van der Waals surface area contributed by atoms with Crippen molar-refractivity contribution in [2.45, 2.75) is 38.5 Å². The summed E-state index contributed by atoms with van der Waals surface area (Å²) < 4.78 is 6.22. The molecule has 0 aliphatic rings. The Morgan fingerprint density at radius 3 is 2.36 bits per heavy atom. The lowest BCUT2D eigenvalue weighted by atomic mass is 10.1. The van der Waals surface area contributed by atoms with Crippen LogP contribution in [0.2, 0.25) is 0 Å². The maximum Gasteiger partial charge on any atom is 0.0765 e. The van der Waals surface area contributed by atoms with Crippen LogP contribution in [-0.2, 0) is 11.3 Å². The first-order chi connectivity index (χ1) is 12.3. The minimum atomic E-state index is 0.130. The van der Waals surface area contributed by atoms with Gasteiger partial charge < -0.3 is 10.1 Å². The highest BCUT2D eigenvalue weighted by Gasteiger charge is 2.17. The van der Waals surface area contributed by atoms with Gasteiger partial charge in [0.15, 0.2) is 0 Å². The predicted octanol–water partition coefficient (Wildman–Crippen LogP) is 5.23. The van der Waals surface area contributed by atoms with Gasteiger partial charge in [-0.25, -0.2) is 0 Å². The molecule has 0 amide bonds. The largest absolute Gasteiger partial charge is 0.372 e. The SMILES string of the molecule is C=CCCN[C@H](C=Cc1ccccc1)[C@H](CC)OCc1ccccc1. The highest BCUT2D eigenvalue weighted by Crippen LogP contribution is 2.12. The van der Waals surface area contributed by atoms with E-state index in [2.05, 4.69) is 79.5 Å². The molecule has 0 fully saturated rings. The highest BCUT2D eigenvalue weighted by atomic mass is 16.5. The van der Waals surface area contributed by atoms with Crippen molar-refractivity contribution in [1.82, 2.24) is 5.32 Å². The lowest BCUT2D eigenvalue weighted by molar-refractivity contribution is 0.0231. The van der Waals surface area contributed by atoms with Crippen molar-refractivity contribution in [3.63, 3.8) is 0 Å². The van der Waals surface area contributed by atoms with E-state index in [0.717, 1.165) is 19.4 Å². The Hall–Kier alpha value is -2.16. The molecule has 2 nitrogen and oxygen atoms in total. The van der Waals surface area contributed by atoms with E-state index in [-0.39, 0.29) is 12.1 Å². The molecular formula is C23H29NO. The third-order valence-corrected chi connectivity index (χ3v) is 4.13. The van der Waals surface area contributed by atoms with E-state index < -0.39 is 0 Å². The zero-order valence-electron chi connectivity index (χ0n) is 15.1. The fraction of sp³-hybridized carbons (Fsp3) is 0.304. The molecule has 0 spiro atoms. The molecule has 132 valence electrons. The molecule has 0 heterocycles. The van der Waals surface area contributed by atoms with E-state index in [1.807, 2.05) is 18.2 Å². The minimum absolute atomic E-state index is 0.130. The summed E-state index contributed by atoms with van der Waals surface area (Å²) in [5, 5.41) is 3.60. The summed E-state index contributed by atoms with van der Waals surface area (Å²) in [6.45, 7) is 7.52. The maximum atomic E-state index is 6.22. The predicted molar refractivity (Wildman–Crippen MR) is 107 cm³/mol. The van der Waals surface area contributed by atoms with Crippen LogP contribution in [0.3, 0.4) is 0 Å². The summed E-state index contributed by atoms with van der Waals surface area (Å²) >= 11 is 0. The Morgan fingerprint density at radius 2 is 1.72 bits per heavy atom. The van der Waals surface area contributed by atoms with Gasteiger partial charge in [0, 0.05) is 0 Å². The Balaban J connectivity index is 2.02. The fourth-order valence-electron chi connectivity index (χ4n) is 2.71. The Morgan fingerprint density at radius 1 is 1.04 bits per heavy atom. The van der Waals surface area contributed by atoms with Crippen molar-refractivity contribution < 1.29 is 4.74 Å². The van der Waals surface area contributed by atoms with Crippen molar-refractivity contribution in [1.29, 1.82) is 0 Å². The van der Waals surface area contributed by atoms with E-state index in [9.17, 15) is 0 Å². The van der Waals surface area contributed by atoms with Gasteiger partial charge >= 0.3 is 0 Å². The second-order valence-corrected chi connectivity index (χ2v) is 6.07. The summed E-state index contributed by atoms with van der Waals surface area (Å²) in [5.41, 5.74) is 2.41. The van der Waals surface area contributed by atoms with E-state index in [1.165, 1.54) is 11.1 Å². The summed E-state index contributed by atoms with van der Waals surface area (Å²) in [5.74, 6) is 0. The standard InChI is InChI=1S/C23H29NO/c1-3-5-18-24-22(17-16-20-12-8-6-9-13-20)23(4-2)25-19-21-14-10-7-11-15-21/h3,6-17,22-24H,1,4-5,18-19H2,2H3/t22-,23+/m1/s1. The summed E-state index contributed by atoms with van der Waals surface area (Å²) in [6, 6.07) is 20.9. The van der Waals surface area contributed by atoms with Gasteiger partial charge in [0.2, 0.25) is 0 Å². The van der Waals surface area contributed by atoms with Gasteiger partial charge in [0.05, 0.1) is 18.8 Å². The van der Waals surface area contributed by atoms with Crippen LogP contribution >= 0.6 is 0 Å². The molecule has 0 aliphatic heterocycles.